The van der Waals surface area contributed by atoms with Crippen LogP contribution >= 0.6 is 0 Å². The molecule has 0 aromatic carbocycles. The SMILES string of the molecule is O=C(O)CCNC(=O)N1CCC[C@@H]1C(F)F. The topological polar surface area (TPSA) is 69.6 Å². The zero-order valence-electron chi connectivity index (χ0n) is 8.66. The summed E-state index contributed by atoms with van der Waals surface area (Å²) < 4.78 is 25.0. The Bertz CT molecular complexity index is 273. The average Bonchev–Trinajstić information content (AvgIpc) is 2.65. The van der Waals surface area contributed by atoms with E-state index < -0.39 is 24.5 Å². The number of rotatable bonds is 4. The number of amides is 2. The smallest absolute Gasteiger partial charge is 0.317 e. The molecule has 16 heavy (non-hydrogen) atoms. The number of urea groups is 1. The van der Waals surface area contributed by atoms with Crippen molar-refractivity contribution in [1.29, 1.82) is 0 Å². The summed E-state index contributed by atoms with van der Waals surface area (Å²) in [5.74, 6) is -1.04. The van der Waals surface area contributed by atoms with Crippen molar-refractivity contribution in [2.45, 2.75) is 31.7 Å². The van der Waals surface area contributed by atoms with Gasteiger partial charge < -0.3 is 15.3 Å². The molecule has 1 saturated heterocycles. The monoisotopic (exact) mass is 236 g/mol. The lowest BCUT2D eigenvalue weighted by Gasteiger charge is -2.24. The molecule has 5 nitrogen and oxygen atoms in total. The third-order valence-electron chi connectivity index (χ3n) is 2.47. The van der Waals surface area contributed by atoms with Crippen molar-refractivity contribution in [1.82, 2.24) is 10.2 Å². The molecule has 0 unspecified atom stereocenters. The molecule has 0 spiro atoms. The van der Waals surface area contributed by atoms with Crippen molar-refractivity contribution in [2.24, 2.45) is 0 Å². The first-order chi connectivity index (χ1) is 7.52. The molecule has 7 heteroatoms. The highest BCUT2D eigenvalue weighted by molar-refractivity contribution is 5.75. The Morgan fingerprint density at radius 1 is 1.50 bits per heavy atom. The molecule has 0 aliphatic carbocycles. The lowest BCUT2D eigenvalue weighted by molar-refractivity contribution is -0.136. The Hall–Kier alpha value is -1.40. The fraction of sp³-hybridized carbons (Fsp3) is 0.778. The molecule has 0 aromatic rings. The van der Waals surface area contributed by atoms with Crippen LogP contribution < -0.4 is 5.32 Å². The van der Waals surface area contributed by atoms with E-state index in [4.69, 9.17) is 5.11 Å². The van der Waals surface area contributed by atoms with Crippen molar-refractivity contribution in [3.8, 4) is 0 Å². The van der Waals surface area contributed by atoms with Crippen LogP contribution in [0.3, 0.4) is 0 Å². The van der Waals surface area contributed by atoms with E-state index >= 15 is 0 Å². The van der Waals surface area contributed by atoms with Gasteiger partial charge in [0.2, 0.25) is 0 Å². The first-order valence-corrected chi connectivity index (χ1v) is 5.07. The van der Waals surface area contributed by atoms with Crippen molar-refractivity contribution in [3.63, 3.8) is 0 Å². The molecule has 2 N–H and O–H groups in total. The van der Waals surface area contributed by atoms with Crippen LogP contribution in [0.15, 0.2) is 0 Å². The molecule has 1 aliphatic heterocycles. The summed E-state index contributed by atoms with van der Waals surface area (Å²) in [5.41, 5.74) is 0. The maximum atomic E-state index is 12.5. The Morgan fingerprint density at radius 3 is 2.75 bits per heavy atom. The molecule has 1 fully saturated rings. The predicted molar refractivity (Wildman–Crippen MR) is 51.4 cm³/mol. The molecule has 0 aromatic heterocycles. The number of carbonyl (C=O) groups excluding carboxylic acids is 1. The highest BCUT2D eigenvalue weighted by Gasteiger charge is 2.34. The standard InChI is InChI=1S/C9H14F2N2O3/c10-8(11)6-2-1-5-13(6)9(16)12-4-3-7(14)15/h6,8H,1-5H2,(H,12,16)(H,14,15)/t6-/m1/s1. The van der Waals surface area contributed by atoms with Crippen LogP contribution in [-0.2, 0) is 4.79 Å². The van der Waals surface area contributed by atoms with Crippen molar-refractivity contribution in [3.05, 3.63) is 0 Å². The maximum Gasteiger partial charge on any atom is 0.317 e. The van der Waals surface area contributed by atoms with Crippen molar-refractivity contribution >= 4 is 12.0 Å². The minimum atomic E-state index is -2.55. The van der Waals surface area contributed by atoms with Gasteiger partial charge in [-0.3, -0.25) is 4.79 Å². The first-order valence-electron chi connectivity index (χ1n) is 5.07. The van der Waals surface area contributed by atoms with Crippen LogP contribution in [0.2, 0.25) is 0 Å². The molecule has 1 aliphatic rings. The summed E-state index contributed by atoms with van der Waals surface area (Å²) in [6.07, 6.45) is -1.91. The van der Waals surface area contributed by atoms with E-state index in [2.05, 4.69) is 5.32 Å². The van der Waals surface area contributed by atoms with Crippen LogP contribution in [0.25, 0.3) is 0 Å². The molecule has 2 amide bonds. The fourth-order valence-electron chi connectivity index (χ4n) is 1.68. The zero-order chi connectivity index (χ0) is 12.1. The van der Waals surface area contributed by atoms with Gasteiger partial charge >= 0.3 is 12.0 Å². The van der Waals surface area contributed by atoms with E-state index in [1.54, 1.807) is 0 Å². The number of nitrogens with one attached hydrogen (secondary N) is 1. The summed E-state index contributed by atoms with van der Waals surface area (Å²) in [4.78, 5) is 22.7. The Kier molecular flexibility index (Phi) is 4.45. The molecule has 0 saturated carbocycles. The van der Waals surface area contributed by atoms with Gasteiger partial charge in [-0.15, -0.1) is 0 Å². The summed E-state index contributed by atoms with van der Waals surface area (Å²) in [6.45, 7) is 0.258. The second-order valence-electron chi connectivity index (χ2n) is 3.61. The van der Waals surface area contributed by atoms with Gasteiger partial charge in [-0.05, 0) is 12.8 Å². The van der Waals surface area contributed by atoms with E-state index in [0.717, 1.165) is 4.90 Å². The number of hydrogen-bond donors (Lipinski definition) is 2. The number of alkyl halides is 2. The summed E-state index contributed by atoms with van der Waals surface area (Å²) in [5, 5.41) is 10.7. The second kappa shape index (κ2) is 5.62. The predicted octanol–water partition coefficient (Wildman–Crippen LogP) is 0.900. The minimum Gasteiger partial charge on any atom is -0.481 e. The minimum absolute atomic E-state index is 0.0410. The second-order valence-corrected chi connectivity index (χ2v) is 3.61. The Morgan fingerprint density at radius 2 is 2.19 bits per heavy atom. The fourth-order valence-corrected chi connectivity index (χ4v) is 1.68. The largest absolute Gasteiger partial charge is 0.481 e. The van der Waals surface area contributed by atoms with Gasteiger partial charge in [-0.1, -0.05) is 0 Å². The van der Waals surface area contributed by atoms with E-state index in [1.807, 2.05) is 0 Å². The van der Waals surface area contributed by atoms with E-state index in [9.17, 15) is 18.4 Å². The maximum absolute atomic E-state index is 12.5. The van der Waals surface area contributed by atoms with Gasteiger partial charge in [0.1, 0.15) is 0 Å². The van der Waals surface area contributed by atoms with Crippen LogP contribution in [0, 0.1) is 0 Å². The number of carboxylic acids is 1. The van der Waals surface area contributed by atoms with E-state index in [-0.39, 0.29) is 13.0 Å². The molecule has 1 heterocycles. The molecule has 92 valence electrons. The normalized spacial score (nSPS) is 20.2. The van der Waals surface area contributed by atoms with Crippen LogP contribution in [0.5, 0.6) is 0 Å². The van der Waals surface area contributed by atoms with E-state index in [1.165, 1.54) is 0 Å². The Labute approximate surface area is 91.4 Å². The van der Waals surface area contributed by atoms with Gasteiger partial charge in [0.05, 0.1) is 12.5 Å². The quantitative estimate of drug-likeness (QED) is 0.762. The van der Waals surface area contributed by atoms with Gasteiger partial charge in [-0.2, -0.15) is 0 Å². The number of likely N-dealkylation sites (tertiary alicyclic amines) is 1. The molecule has 0 radical (unpaired) electrons. The highest BCUT2D eigenvalue weighted by atomic mass is 19.3. The number of halogens is 2. The van der Waals surface area contributed by atoms with Crippen molar-refractivity contribution < 1.29 is 23.5 Å². The third-order valence-corrected chi connectivity index (χ3v) is 2.47. The highest BCUT2D eigenvalue weighted by Crippen LogP contribution is 2.22. The lowest BCUT2D eigenvalue weighted by atomic mass is 10.2. The summed E-state index contributed by atoms with van der Waals surface area (Å²) >= 11 is 0. The summed E-state index contributed by atoms with van der Waals surface area (Å²) in [6, 6.07) is -1.64. The van der Waals surface area contributed by atoms with Gasteiger partial charge in [0, 0.05) is 13.1 Å². The van der Waals surface area contributed by atoms with Gasteiger partial charge in [0.15, 0.2) is 0 Å². The molecule has 1 atom stereocenters. The average molecular weight is 236 g/mol. The van der Waals surface area contributed by atoms with Gasteiger partial charge in [0.25, 0.3) is 6.43 Å². The zero-order valence-corrected chi connectivity index (χ0v) is 8.66. The van der Waals surface area contributed by atoms with Crippen LogP contribution in [0.4, 0.5) is 13.6 Å². The number of hydrogen-bond acceptors (Lipinski definition) is 2. The molecular weight excluding hydrogens is 222 g/mol. The molecule has 1 rings (SSSR count). The number of nitrogens with zero attached hydrogens (tertiary/aromatic N) is 1. The summed E-state index contributed by atoms with van der Waals surface area (Å²) in [7, 11) is 0. The number of carbonyl (C=O) groups is 2. The molecule has 0 bridgehead atoms. The molecular formula is C9H14F2N2O3. The Balaban J connectivity index is 2.38. The number of carboxylic acid groups (broad SMARTS) is 1. The third kappa shape index (κ3) is 3.32. The van der Waals surface area contributed by atoms with E-state index in [0.29, 0.717) is 19.4 Å². The van der Waals surface area contributed by atoms with Gasteiger partial charge in [-0.25, -0.2) is 13.6 Å². The lowest BCUT2D eigenvalue weighted by Crippen LogP contribution is -2.46. The number of aliphatic carboxylic acids is 1. The van der Waals surface area contributed by atoms with Crippen molar-refractivity contribution in [2.75, 3.05) is 13.1 Å². The van der Waals surface area contributed by atoms with Crippen LogP contribution in [0.1, 0.15) is 19.3 Å². The van der Waals surface area contributed by atoms with Crippen LogP contribution in [-0.4, -0.2) is 47.6 Å². The first kappa shape index (κ1) is 12.7.